The number of hydrogen-bond donors (Lipinski definition) is 0. The summed E-state index contributed by atoms with van der Waals surface area (Å²) in [7, 11) is 0. The molecule has 2 aromatic carbocycles. The summed E-state index contributed by atoms with van der Waals surface area (Å²) in [5, 5.41) is 0.511. The Bertz CT molecular complexity index is 1140. The molecule has 2 aromatic rings. The number of likely N-dealkylation sites (tertiary alicyclic amines) is 1. The van der Waals surface area contributed by atoms with Crippen molar-refractivity contribution in [2.45, 2.75) is 24.6 Å². The quantitative estimate of drug-likeness (QED) is 0.582. The van der Waals surface area contributed by atoms with Crippen LogP contribution in [0.15, 0.2) is 48.5 Å². The minimum atomic E-state index is -1.15. The molecule has 0 aromatic heterocycles. The van der Waals surface area contributed by atoms with Crippen LogP contribution in [0.25, 0.3) is 0 Å². The van der Waals surface area contributed by atoms with Crippen molar-refractivity contribution in [1.82, 2.24) is 4.90 Å². The van der Waals surface area contributed by atoms with E-state index in [0.29, 0.717) is 49.9 Å². The monoisotopic (exact) mass is 499 g/mol. The summed E-state index contributed by atoms with van der Waals surface area (Å²) in [6, 6.07) is 14.8. The molecule has 7 nitrogen and oxygen atoms in total. The Morgan fingerprint density at radius 2 is 1.91 bits per heavy atom. The van der Waals surface area contributed by atoms with Crippen LogP contribution < -0.4 is 9.80 Å². The normalized spacial score (nSPS) is 23.1. The highest BCUT2D eigenvalue weighted by Crippen LogP contribution is 2.55. The molecule has 3 aliphatic rings. The highest BCUT2D eigenvalue weighted by molar-refractivity contribution is 8.02. The third-order valence-electron chi connectivity index (χ3n) is 6.68. The second-order valence-electron chi connectivity index (χ2n) is 8.68. The van der Waals surface area contributed by atoms with E-state index in [0.717, 1.165) is 11.3 Å². The van der Waals surface area contributed by atoms with Gasteiger partial charge in [0.15, 0.2) is 0 Å². The summed E-state index contributed by atoms with van der Waals surface area (Å²) in [6.45, 7) is 4.02. The molecule has 1 spiro atoms. The van der Waals surface area contributed by atoms with Crippen LogP contribution in [0.1, 0.15) is 25.3 Å². The average molecular weight is 500 g/mol. The van der Waals surface area contributed by atoms with Gasteiger partial charge in [-0.25, -0.2) is 0 Å². The van der Waals surface area contributed by atoms with E-state index in [4.69, 9.17) is 16.3 Å². The first-order chi connectivity index (χ1) is 16.5. The second-order valence-corrected chi connectivity index (χ2v) is 10.3. The summed E-state index contributed by atoms with van der Waals surface area (Å²) in [4.78, 5) is 43.7. The van der Waals surface area contributed by atoms with Crippen molar-refractivity contribution in [3.8, 4) is 0 Å². The maximum atomic E-state index is 14.1. The van der Waals surface area contributed by atoms with Crippen LogP contribution in [0, 0.1) is 5.92 Å². The van der Waals surface area contributed by atoms with Crippen molar-refractivity contribution in [2.24, 2.45) is 5.92 Å². The first-order valence-corrected chi connectivity index (χ1v) is 12.8. The highest BCUT2D eigenvalue weighted by atomic mass is 35.5. The zero-order valence-electron chi connectivity index (χ0n) is 18.9. The van der Waals surface area contributed by atoms with Gasteiger partial charge in [0.2, 0.25) is 10.8 Å². The van der Waals surface area contributed by atoms with Crippen molar-refractivity contribution in [2.75, 3.05) is 41.9 Å². The molecular weight excluding hydrogens is 474 g/mol. The number of nitrogens with zero attached hydrogens (tertiary/aromatic N) is 3. The summed E-state index contributed by atoms with van der Waals surface area (Å²) in [5.74, 6) is -0.262. The van der Waals surface area contributed by atoms with Gasteiger partial charge >= 0.3 is 5.97 Å². The third kappa shape index (κ3) is 3.78. The standard InChI is InChI=1S/C25H26ClN3O4S/c1-2-33-23(31)17-10-12-27(13-11-17)16-28-21-9-4-3-8-20(21)25(24(28)32)29(22(30)15-34-25)19-7-5-6-18(26)14-19/h3-9,14,17H,2,10-13,15-16H2,1H3/t25-/m0/s1. The molecule has 178 valence electrons. The molecule has 3 aliphatic heterocycles. The fourth-order valence-corrected chi connectivity index (χ4v) is 6.63. The molecule has 1 atom stereocenters. The molecule has 0 unspecified atom stereocenters. The molecule has 5 rings (SSSR count). The first kappa shape index (κ1) is 23.2. The number of halogens is 1. The van der Waals surface area contributed by atoms with Crippen LogP contribution >= 0.6 is 23.4 Å². The van der Waals surface area contributed by atoms with E-state index in [1.807, 2.05) is 37.3 Å². The molecular formula is C25H26ClN3O4S. The van der Waals surface area contributed by atoms with Crippen LogP contribution in [0.3, 0.4) is 0 Å². The van der Waals surface area contributed by atoms with Gasteiger partial charge in [0, 0.05) is 29.4 Å². The summed E-state index contributed by atoms with van der Waals surface area (Å²) in [5.41, 5.74) is 2.24. The predicted octanol–water partition coefficient (Wildman–Crippen LogP) is 3.85. The Morgan fingerprint density at radius 3 is 2.65 bits per heavy atom. The summed E-state index contributed by atoms with van der Waals surface area (Å²) >= 11 is 7.59. The number of hydrogen-bond acceptors (Lipinski definition) is 6. The maximum Gasteiger partial charge on any atom is 0.309 e. The maximum absolute atomic E-state index is 14.1. The van der Waals surface area contributed by atoms with E-state index in [1.54, 1.807) is 28.0 Å². The van der Waals surface area contributed by atoms with E-state index in [-0.39, 0.29) is 29.5 Å². The van der Waals surface area contributed by atoms with E-state index < -0.39 is 4.87 Å². The number of amides is 2. The van der Waals surface area contributed by atoms with Crippen molar-refractivity contribution >= 4 is 52.5 Å². The molecule has 2 fully saturated rings. The number of piperidine rings is 1. The lowest BCUT2D eigenvalue weighted by atomic mass is 9.97. The zero-order chi connectivity index (χ0) is 23.9. The molecule has 2 amide bonds. The Morgan fingerprint density at radius 1 is 1.15 bits per heavy atom. The van der Waals surface area contributed by atoms with Crippen LogP contribution in [0.5, 0.6) is 0 Å². The van der Waals surface area contributed by atoms with E-state index >= 15 is 0 Å². The van der Waals surface area contributed by atoms with E-state index in [2.05, 4.69) is 4.90 Å². The highest BCUT2D eigenvalue weighted by Gasteiger charge is 2.61. The Balaban J connectivity index is 1.43. The van der Waals surface area contributed by atoms with Gasteiger partial charge in [-0.15, -0.1) is 11.8 Å². The molecule has 0 radical (unpaired) electrons. The number of fused-ring (bicyclic) bond motifs is 2. The lowest BCUT2D eigenvalue weighted by molar-refractivity contribution is -0.149. The van der Waals surface area contributed by atoms with Crippen LogP contribution in [-0.2, 0) is 24.0 Å². The molecule has 0 aliphatic carbocycles. The predicted molar refractivity (Wildman–Crippen MR) is 133 cm³/mol. The number of rotatable bonds is 5. The molecule has 3 heterocycles. The second kappa shape index (κ2) is 9.24. The van der Waals surface area contributed by atoms with Crippen molar-refractivity contribution in [3.63, 3.8) is 0 Å². The van der Waals surface area contributed by atoms with Crippen molar-refractivity contribution in [1.29, 1.82) is 0 Å². The number of carbonyl (C=O) groups excluding carboxylic acids is 3. The fraction of sp³-hybridized carbons (Fsp3) is 0.400. The molecule has 34 heavy (non-hydrogen) atoms. The van der Waals surface area contributed by atoms with Crippen LogP contribution in [-0.4, -0.2) is 54.8 Å². The third-order valence-corrected chi connectivity index (χ3v) is 8.30. The summed E-state index contributed by atoms with van der Waals surface area (Å²) < 4.78 is 5.18. The van der Waals surface area contributed by atoms with Gasteiger partial charge in [0.05, 0.1) is 30.6 Å². The molecule has 0 saturated carbocycles. The number of esters is 1. The number of thioether (sulfide) groups is 1. The lowest BCUT2D eigenvalue weighted by Gasteiger charge is -2.36. The van der Waals surface area contributed by atoms with Gasteiger partial charge < -0.3 is 4.74 Å². The van der Waals surface area contributed by atoms with Gasteiger partial charge in [-0.05, 0) is 44.0 Å². The van der Waals surface area contributed by atoms with Gasteiger partial charge in [0.1, 0.15) is 0 Å². The van der Waals surface area contributed by atoms with Crippen LogP contribution in [0.2, 0.25) is 5.02 Å². The molecule has 9 heteroatoms. The first-order valence-electron chi connectivity index (χ1n) is 11.5. The zero-order valence-corrected chi connectivity index (χ0v) is 20.5. The van der Waals surface area contributed by atoms with Gasteiger partial charge in [-0.2, -0.15) is 0 Å². The number of para-hydroxylation sites is 1. The number of benzene rings is 2. The minimum absolute atomic E-state index is 0.0922. The number of ether oxygens (including phenoxy) is 1. The smallest absolute Gasteiger partial charge is 0.309 e. The molecule has 0 bridgehead atoms. The SMILES string of the molecule is CCOC(=O)C1CCN(CN2C(=O)[C@@]3(SCC(=O)N3c3cccc(Cl)c3)c3ccccc32)CC1. The Labute approximate surface area is 208 Å². The topological polar surface area (TPSA) is 70.2 Å². The number of carbonyl (C=O) groups is 3. The van der Waals surface area contributed by atoms with E-state index in [9.17, 15) is 14.4 Å². The summed E-state index contributed by atoms with van der Waals surface area (Å²) in [6.07, 6.45) is 1.41. The van der Waals surface area contributed by atoms with E-state index in [1.165, 1.54) is 11.8 Å². The fourth-order valence-electron chi connectivity index (χ4n) is 5.08. The largest absolute Gasteiger partial charge is 0.466 e. The number of anilines is 2. The minimum Gasteiger partial charge on any atom is -0.466 e. The van der Waals surface area contributed by atoms with Gasteiger partial charge in [0.25, 0.3) is 5.91 Å². The van der Waals surface area contributed by atoms with Crippen LogP contribution in [0.4, 0.5) is 11.4 Å². The van der Waals surface area contributed by atoms with Crippen molar-refractivity contribution < 1.29 is 19.1 Å². The molecule has 0 N–H and O–H groups in total. The average Bonchev–Trinajstić information content (AvgIpc) is 3.30. The van der Waals surface area contributed by atoms with Gasteiger partial charge in [-0.3, -0.25) is 29.1 Å². The Kier molecular flexibility index (Phi) is 6.31. The Hall–Kier alpha value is -2.55. The lowest BCUT2D eigenvalue weighted by Crippen LogP contribution is -2.52. The molecule has 2 saturated heterocycles. The van der Waals surface area contributed by atoms with Gasteiger partial charge in [-0.1, -0.05) is 35.9 Å². The van der Waals surface area contributed by atoms with Crippen molar-refractivity contribution in [3.05, 3.63) is 59.1 Å².